The van der Waals surface area contributed by atoms with Crippen LogP contribution >= 0.6 is 0 Å². The Morgan fingerprint density at radius 1 is 1.44 bits per heavy atom. The van der Waals surface area contributed by atoms with Crippen LogP contribution < -0.4 is 5.32 Å². The van der Waals surface area contributed by atoms with E-state index in [2.05, 4.69) is 5.32 Å². The van der Waals surface area contributed by atoms with Crippen molar-refractivity contribution in [3.8, 4) is 0 Å². The van der Waals surface area contributed by atoms with Crippen LogP contribution in [0.4, 0.5) is 0 Å². The minimum Gasteiger partial charge on any atom is -0.396 e. The summed E-state index contributed by atoms with van der Waals surface area (Å²) < 4.78 is 0. The molecule has 0 aliphatic heterocycles. The van der Waals surface area contributed by atoms with Gasteiger partial charge in [-0.2, -0.15) is 0 Å². The maximum absolute atomic E-state index is 11.7. The minimum absolute atomic E-state index is 0.00949. The van der Waals surface area contributed by atoms with Gasteiger partial charge in [-0.3, -0.25) is 4.79 Å². The third-order valence-electron chi connectivity index (χ3n) is 2.58. The van der Waals surface area contributed by atoms with Crippen molar-refractivity contribution in [2.75, 3.05) is 6.61 Å². The van der Waals surface area contributed by atoms with E-state index in [9.17, 15) is 4.79 Å². The summed E-state index contributed by atoms with van der Waals surface area (Å²) in [5.74, 6) is 0.00949. The first-order valence-corrected chi connectivity index (χ1v) is 5.58. The lowest BCUT2D eigenvalue weighted by Gasteiger charge is -2.13. The van der Waals surface area contributed by atoms with E-state index < -0.39 is 0 Å². The summed E-state index contributed by atoms with van der Waals surface area (Å²) in [5, 5.41) is 11.6. The number of benzene rings is 1. The number of hydrogen-bond donors (Lipinski definition) is 2. The van der Waals surface area contributed by atoms with E-state index in [1.807, 2.05) is 38.1 Å². The van der Waals surface area contributed by atoms with Crippen LogP contribution in [0.25, 0.3) is 0 Å². The molecule has 1 amide bonds. The van der Waals surface area contributed by atoms with Crippen LogP contribution in [0.2, 0.25) is 0 Å². The maximum atomic E-state index is 11.7. The lowest BCUT2D eigenvalue weighted by Crippen LogP contribution is -2.34. The summed E-state index contributed by atoms with van der Waals surface area (Å²) in [6.45, 7) is 4.00. The summed E-state index contributed by atoms with van der Waals surface area (Å²) >= 11 is 0. The highest BCUT2D eigenvalue weighted by atomic mass is 16.3. The van der Waals surface area contributed by atoms with Gasteiger partial charge in [0.2, 0.25) is 5.91 Å². The number of amides is 1. The van der Waals surface area contributed by atoms with E-state index in [4.69, 9.17) is 5.11 Å². The largest absolute Gasteiger partial charge is 0.396 e. The van der Waals surface area contributed by atoms with Gasteiger partial charge >= 0.3 is 0 Å². The van der Waals surface area contributed by atoms with Gasteiger partial charge in [0.1, 0.15) is 0 Å². The SMILES string of the molecule is Cc1ccccc1CC(=O)NC(C)CCO. The smallest absolute Gasteiger partial charge is 0.224 e. The van der Waals surface area contributed by atoms with Gasteiger partial charge in [-0.1, -0.05) is 24.3 Å². The first kappa shape index (κ1) is 12.7. The van der Waals surface area contributed by atoms with Crippen LogP contribution in [0.1, 0.15) is 24.5 Å². The summed E-state index contributed by atoms with van der Waals surface area (Å²) in [5.41, 5.74) is 2.18. The van der Waals surface area contributed by atoms with Crippen molar-refractivity contribution in [3.05, 3.63) is 35.4 Å². The molecular formula is C13H19NO2. The molecule has 88 valence electrons. The molecule has 0 aliphatic carbocycles. The predicted octanol–water partition coefficient (Wildman–Crippen LogP) is 1.42. The summed E-state index contributed by atoms with van der Waals surface area (Å²) in [6, 6.07) is 7.89. The summed E-state index contributed by atoms with van der Waals surface area (Å²) in [6.07, 6.45) is 1.00. The highest BCUT2D eigenvalue weighted by Crippen LogP contribution is 2.07. The lowest BCUT2D eigenvalue weighted by atomic mass is 10.1. The standard InChI is InChI=1S/C13H19NO2/c1-10-5-3-4-6-12(10)9-13(16)14-11(2)7-8-15/h3-6,11,15H,7-9H2,1-2H3,(H,14,16). The van der Waals surface area contributed by atoms with Crippen molar-refractivity contribution in [3.63, 3.8) is 0 Å². The number of carbonyl (C=O) groups is 1. The molecule has 0 fully saturated rings. The molecule has 0 saturated heterocycles. The zero-order chi connectivity index (χ0) is 12.0. The number of hydrogen-bond acceptors (Lipinski definition) is 2. The Morgan fingerprint density at radius 2 is 2.12 bits per heavy atom. The van der Waals surface area contributed by atoms with Crippen LogP contribution in [0.3, 0.4) is 0 Å². The molecular weight excluding hydrogens is 202 g/mol. The third-order valence-corrected chi connectivity index (χ3v) is 2.58. The Balaban J connectivity index is 2.49. The van der Waals surface area contributed by atoms with E-state index in [1.54, 1.807) is 0 Å². The molecule has 3 nitrogen and oxygen atoms in total. The average Bonchev–Trinajstić information content (AvgIpc) is 2.21. The van der Waals surface area contributed by atoms with Gasteiger partial charge in [-0.25, -0.2) is 0 Å². The maximum Gasteiger partial charge on any atom is 0.224 e. The van der Waals surface area contributed by atoms with E-state index >= 15 is 0 Å². The molecule has 0 aromatic heterocycles. The van der Waals surface area contributed by atoms with Crippen molar-refractivity contribution in [1.29, 1.82) is 0 Å². The fourth-order valence-electron chi connectivity index (χ4n) is 1.57. The van der Waals surface area contributed by atoms with Crippen molar-refractivity contribution in [2.45, 2.75) is 32.7 Å². The zero-order valence-corrected chi connectivity index (χ0v) is 9.86. The second kappa shape index (κ2) is 6.28. The molecule has 3 heteroatoms. The molecule has 0 heterocycles. The fraction of sp³-hybridized carbons (Fsp3) is 0.462. The number of carbonyl (C=O) groups excluding carboxylic acids is 1. The number of aliphatic hydroxyl groups is 1. The molecule has 0 bridgehead atoms. The highest BCUT2D eigenvalue weighted by molar-refractivity contribution is 5.79. The van der Waals surface area contributed by atoms with E-state index in [-0.39, 0.29) is 18.6 Å². The summed E-state index contributed by atoms with van der Waals surface area (Å²) in [4.78, 5) is 11.7. The van der Waals surface area contributed by atoms with E-state index in [0.717, 1.165) is 11.1 Å². The monoisotopic (exact) mass is 221 g/mol. The van der Waals surface area contributed by atoms with Gasteiger partial charge in [0.25, 0.3) is 0 Å². The first-order chi connectivity index (χ1) is 7.63. The van der Waals surface area contributed by atoms with Gasteiger partial charge in [0, 0.05) is 12.6 Å². The molecule has 2 N–H and O–H groups in total. The van der Waals surface area contributed by atoms with Crippen LogP contribution in [-0.4, -0.2) is 23.7 Å². The molecule has 0 radical (unpaired) electrons. The normalized spacial score (nSPS) is 12.2. The zero-order valence-electron chi connectivity index (χ0n) is 9.86. The van der Waals surface area contributed by atoms with Crippen molar-refractivity contribution >= 4 is 5.91 Å². The molecule has 1 aromatic rings. The molecule has 1 rings (SSSR count). The van der Waals surface area contributed by atoms with Gasteiger partial charge in [0.15, 0.2) is 0 Å². The van der Waals surface area contributed by atoms with Crippen LogP contribution in [0.5, 0.6) is 0 Å². The van der Waals surface area contributed by atoms with Gasteiger partial charge in [-0.15, -0.1) is 0 Å². The van der Waals surface area contributed by atoms with Gasteiger partial charge in [-0.05, 0) is 31.4 Å². The Hall–Kier alpha value is -1.35. The lowest BCUT2D eigenvalue weighted by molar-refractivity contribution is -0.121. The summed E-state index contributed by atoms with van der Waals surface area (Å²) in [7, 11) is 0. The Kier molecular flexibility index (Phi) is 4.99. The Bertz CT molecular complexity index is 350. The first-order valence-electron chi connectivity index (χ1n) is 5.58. The van der Waals surface area contributed by atoms with Crippen LogP contribution in [0, 0.1) is 6.92 Å². The predicted molar refractivity (Wildman–Crippen MR) is 64.2 cm³/mol. The number of rotatable bonds is 5. The van der Waals surface area contributed by atoms with Crippen LogP contribution in [-0.2, 0) is 11.2 Å². The third kappa shape index (κ3) is 4.03. The molecule has 0 aliphatic rings. The minimum atomic E-state index is 0.00949. The van der Waals surface area contributed by atoms with Gasteiger partial charge in [0.05, 0.1) is 6.42 Å². The molecule has 1 unspecified atom stereocenters. The van der Waals surface area contributed by atoms with Crippen molar-refractivity contribution < 1.29 is 9.90 Å². The Labute approximate surface area is 96.5 Å². The second-order valence-electron chi connectivity index (χ2n) is 4.08. The second-order valence-corrected chi connectivity index (χ2v) is 4.08. The quantitative estimate of drug-likeness (QED) is 0.790. The number of nitrogens with one attached hydrogen (secondary N) is 1. The molecule has 0 spiro atoms. The number of aryl methyl sites for hydroxylation is 1. The number of aliphatic hydroxyl groups excluding tert-OH is 1. The molecule has 0 saturated carbocycles. The fourth-order valence-corrected chi connectivity index (χ4v) is 1.57. The Morgan fingerprint density at radius 3 is 2.75 bits per heavy atom. The van der Waals surface area contributed by atoms with Gasteiger partial charge < -0.3 is 10.4 Å². The van der Waals surface area contributed by atoms with E-state index in [1.165, 1.54) is 0 Å². The molecule has 1 atom stereocenters. The topological polar surface area (TPSA) is 49.3 Å². The van der Waals surface area contributed by atoms with Crippen molar-refractivity contribution in [1.82, 2.24) is 5.32 Å². The van der Waals surface area contributed by atoms with E-state index in [0.29, 0.717) is 12.8 Å². The molecule has 16 heavy (non-hydrogen) atoms. The highest BCUT2D eigenvalue weighted by Gasteiger charge is 2.08. The average molecular weight is 221 g/mol. The molecule has 1 aromatic carbocycles. The van der Waals surface area contributed by atoms with Crippen LogP contribution in [0.15, 0.2) is 24.3 Å². The van der Waals surface area contributed by atoms with Crippen molar-refractivity contribution in [2.24, 2.45) is 0 Å².